The van der Waals surface area contributed by atoms with E-state index in [1.807, 2.05) is 49.0 Å². The topological polar surface area (TPSA) is 93.4 Å². The summed E-state index contributed by atoms with van der Waals surface area (Å²) in [6.45, 7) is 2.80. The molecule has 4 rings (SSSR count). The molecule has 10 heteroatoms. The van der Waals surface area contributed by atoms with E-state index < -0.39 is 5.82 Å². The average Bonchev–Trinajstić information content (AvgIpc) is 3.24. The van der Waals surface area contributed by atoms with Crippen molar-refractivity contribution in [1.82, 2.24) is 19.2 Å². The van der Waals surface area contributed by atoms with Crippen LogP contribution in [0.25, 0.3) is 5.69 Å². The van der Waals surface area contributed by atoms with E-state index in [9.17, 15) is 14.0 Å². The number of halogens is 1. The van der Waals surface area contributed by atoms with Crippen LogP contribution in [-0.2, 0) is 13.5 Å². The van der Waals surface area contributed by atoms with Gasteiger partial charge in [0.25, 0.3) is 5.56 Å². The van der Waals surface area contributed by atoms with Gasteiger partial charge in [-0.05, 0) is 56.5 Å². The zero-order chi connectivity index (χ0) is 32.2. The maximum Gasteiger partial charge on any atom is 0.322 e. The zero-order valence-corrected chi connectivity index (χ0v) is 26.8. The second-order valence-corrected chi connectivity index (χ2v) is 11.5. The van der Waals surface area contributed by atoms with E-state index >= 15 is 0 Å². The van der Waals surface area contributed by atoms with Crippen LogP contribution in [0.4, 0.5) is 20.7 Å². The number of para-hydroxylation sites is 1. The Morgan fingerprint density at radius 1 is 0.933 bits per heavy atom. The molecule has 240 valence electrons. The molecule has 0 bridgehead atoms. The zero-order valence-electron chi connectivity index (χ0n) is 26.8. The van der Waals surface area contributed by atoms with Gasteiger partial charge in [0, 0.05) is 63.0 Å². The molecule has 0 saturated heterocycles. The molecule has 0 spiro atoms. The van der Waals surface area contributed by atoms with Gasteiger partial charge in [-0.1, -0.05) is 56.7 Å². The fourth-order valence-electron chi connectivity index (χ4n) is 5.22. The Morgan fingerprint density at radius 3 is 2.31 bits per heavy atom. The van der Waals surface area contributed by atoms with Crippen LogP contribution in [0, 0.1) is 12.7 Å². The van der Waals surface area contributed by atoms with Gasteiger partial charge >= 0.3 is 6.03 Å². The van der Waals surface area contributed by atoms with Crippen LogP contribution in [0.1, 0.15) is 62.6 Å². The van der Waals surface area contributed by atoms with E-state index in [1.54, 1.807) is 43.0 Å². The summed E-state index contributed by atoms with van der Waals surface area (Å²) >= 11 is 0. The maximum absolute atomic E-state index is 14.7. The highest BCUT2D eigenvalue weighted by Gasteiger charge is 2.15. The standard InChI is InChI=1S/C35H45FN6O3/c1-26-30(34(43)42(41(26)4)28-16-12-11-13-17-28)18-14-9-7-5-6-8-10-15-22-37-27-19-20-32(31(36)24-27)45-29-21-23-38-33(25-29)39-35(44)40(2)3/h11-13,16-17,19-21,23-25,37H,5-10,14-15,18,22H2,1-4H3,(H,38,39,44). The van der Waals surface area contributed by atoms with Crippen LogP contribution >= 0.6 is 0 Å². The van der Waals surface area contributed by atoms with Crippen molar-refractivity contribution >= 4 is 17.5 Å². The van der Waals surface area contributed by atoms with Crippen molar-refractivity contribution in [3.05, 3.63) is 94.3 Å². The number of benzene rings is 2. The molecular formula is C35H45FN6O3. The van der Waals surface area contributed by atoms with Crippen molar-refractivity contribution in [2.24, 2.45) is 7.05 Å². The van der Waals surface area contributed by atoms with Crippen molar-refractivity contribution in [3.8, 4) is 17.2 Å². The molecule has 2 N–H and O–H groups in total. The summed E-state index contributed by atoms with van der Waals surface area (Å²) in [4.78, 5) is 30.4. The number of carbonyl (C=O) groups is 1. The Kier molecular flexibility index (Phi) is 12.2. The molecule has 0 radical (unpaired) electrons. The first-order valence-electron chi connectivity index (χ1n) is 15.7. The number of hydrogen-bond donors (Lipinski definition) is 2. The number of aromatic nitrogens is 3. The Balaban J connectivity index is 1.08. The van der Waals surface area contributed by atoms with Crippen LogP contribution in [-0.4, -0.2) is 45.9 Å². The number of amides is 2. The van der Waals surface area contributed by atoms with Gasteiger partial charge in [-0.25, -0.2) is 18.9 Å². The summed E-state index contributed by atoms with van der Waals surface area (Å²) in [6.07, 6.45) is 11.3. The molecule has 0 aliphatic carbocycles. The van der Waals surface area contributed by atoms with Gasteiger partial charge in [0.15, 0.2) is 11.6 Å². The lowest BCUT2D eigenvalue weighted by atomic mass is 10.0. The monoisotopic (exact) mass is 616 g/mol. The number of unbranched alkanes of at least 4 members (excludes halogenated alkanes) is 7. The fraction of sp³-hybridized carbons (Fsp3) is 0.400. The van der Waals surface area contributed by atoms with Crippen LogP contribution in [0.3, 0.4) is 0 Å². The van der Waals surface area contributed by atoms with E-state index in [0.717, 1.165) is 55.6 Å². The second-order valence-electron chi connectivity index (χ2n) is 11.5. The smallest absolute Gasteiger partial charge is 0.322 e. The van der Waals surface area contributed by atoms with Gasteiger partial charge in [-0.2, -0.15) is 0 Å². The minimum atomic E-state index is -0.472. The summed E-state index contributed by atoms with van der Waals surface area (Å²) in [5.74, 6) is 0.317. The molecule has 9 nitrogen and oxygen atoms in total. The lowest BCUT2D eigenvalue weighted by molar-refractivity contribution is 0.230. The van der Waals surface area contributed by atoms with Gasteiger partial charge in [0.1, 0.15) is 11.6 Å². The number of hydrogen-bond acceptors (Lipinski definition) is 5. The lowest BCUT2D eigenvalue weighted by Crippen LogP contribution is -2.27. The minimum absolute atomic E-state index is 0.0916. The van der Waals surface area contributed by atoms with Gasteiger partial charge < -0.3 is 15.0 Å². The van der Waals surface area contributed by atoms with Gasteiger partial charge in [-0.3, -0.25) is 14.8 Å². The third-order valence-corrected chi connectivity index (χ3v) is 7.89. The van der Waals surface area contributed by atoms with Crippen molar-refractivity contribution in [2.45, 2.75) is 64.7 Å². The van der Waals surface area contributed by atoms with Crippen molar-refractivity contribution in [3.63, 3.8) is 0 Å². The summed E-state index contributed by atoms with van der Waals surface area (Å²) in [5, 5.41) is 5.93. The summed E-state index contributed by atoms with van der Waals surface area (Å²) in [7, 11) is 5.21. The maximum atomic E-state index is 14.7. The largest absolute Gasteiger partial charge is 0.454 e. The summed E-state index contributed by atoms with van der Waals surface area (Å²) in [5.41, 5.74) is 3.66. The third-order valence-electron chi connectivity index (χ3n) is 7.89. The molecule has 2 amide bonds. The van der Waals surface area contributed by atoms with Crippen LogP contribution in [0.15, 0.2) is 71.7 Å². The fourth-order valence-corrected chi connectivity index (χ4v) is 5.22. The molecule has 2 aromatic heterocycles. The quantitative estimate of drug-likeness (QED) is 0.126. The number of rotatable bonds is 16. The second kappa shape index (κ2) is 16.5. The molecule has 0 aliphatic rings. The Labute approximate surface area is 265 Å². The van der Waals surface area contributed by atoms with Crippen molar-refractivity contribution in [1.29, 1.82) is 0 Å². The third kappa shape index (κ3) is 9.44. The number of pyridine rings is 1. The highest BCUT2D eigenvalue weighted by Crippen LogP contribution is 2.28. The van der Waals surface area contributed by atoms with Crippen molar-refractivity contribution in [2.75, 3.05) is 31.3 Å². The number of nitrogens with one attached hydrogen (secondary N) is 2. The first kappa shape index (κ1) is 33.3. The van der Waals surface area contributed by atoms with Crippen LogP contribution in [0.5, 0.6) is 11.5 Å². The molecule has 0 fully saturated rings. The number of carbonyl (C=O) groups excluding carboxylic acids is 1. The summed E-state index contributed by atoms with van der Waals surface area (Å²) < 4.78 is 24.1. The van der Waals surface area contributed by atoms with E-state index in [2.05, 4.69) is 15.6 Å². The lowest BCUT2D eigenvalue weighted by Gasteiger charge is -2.13. The summed E-state index contributed by atoms with van der Waals surface area (Å²) in [6, 6.07) is 17.4. The predicted molar refractivity (Wildman–Crippen MR) is 178 cm³/mol. The molecule has 2 aromatic carbocycles. The Hall–Kier alpha value is -4.60. The minimum Gasteiger partial charge on any atom is -0.454 e. The normalized spacial score (nSPS) is 11.0. The molecule has 0 atom stereocenters. The Bertz CT molecular complexity index is 1600. The van der Waals surface area contributed by atoms with Crippen LogP contribution in [0.2, 0.25) is 0 Å². The molecule has 0 unspecified atom stereocenters. The van der Waals surface area contributed by atoms with Gasteiger partial charge in [0.05, 0.1) is 5.69 Å². The number of anilines is 2. The van der Waals surface area contributed by atoms with E-state index in [0.29, 0.717) is 17.3 Å². The Morgan fingerprint density at radius 2 is 1.62 bits per heavy atom. The van der Waals surface area contributed by atoms with Crippen LogP contribution < -0.4 is 20.9 Å². The van der Waals surface area contributed by atoms with Gasteiger partial charge in [0.2, 0.25) is 0 Å². The SMILES string of the molecule is Cc1c(CCCCCCCCCCNc2ccc(Oc3ccnc(NC(=O)N(C)C)c3)c(F)c2)c(=O)n(-c2ccccc2)n1C. The average molecular weight is 617 g/mol. The van der Waals surface area contributed by atoms with E-state index in [-0.39, 0.29) is 17.3 Å². The van der Waals surface area contributed by atoms with E-state index in [1.165, 1.54) is 42.8 Å². The molecule has 0 saturated carbocycles. The number of nitrogens with zero attached hydrogens (tertiary/aromatic N) is 4. The number of ether oxygens (including phenoxy) is 1. The van der Waals surface area contributed by atoms with E-state index in [4.69, 9.17) is 4.74 Å². The van der Waals surface area contributed by atoms with Crippen molar-refractivity contribution < 1.29 is 13.9 Å². The molecule has 4 aromatic rings. The van der Waals surface area contributed by atoms with Gasteiger partial charge in [-0.15, -0.1) is 0 Å². The first-order valence-corrected chi connectivity index (χ1v) is 15.7. The highest BCUT2D eigenvalue weighted by atomic mass is 19.1. The number of urea groups is 1. The predicted octanol–water partition coefficient (Wildman–Crippen LogP) is 7.68. The molecule has 0 aliphatic heterocycles. The molecule has 45 heavy (non-hydrogen) atoms. The molecular weight excluding hydrogens is 571 g/mol. The first-order chi connectivity index (χ1) is 21.7. The highest BCUT2D eigenvalue weighted by molar-refractivity contribution is 5.88. The molecule has 2 heterocycles.